The number of nitrogens with zero attached hydrogens (tertiary/aromatic N) is 2. The fourth-order valence-electron chi connectivity index (χ4n) is 3.96. The van der Waals surface area contributed by atoms with E-state index in [4.69, 9.17) is 26.2 Å². The van der Waals surface area contributed by atoms with Crippen LogP contribution in [0, 0.1) is 6.92 Å². The molecular weight excluding hydrogens is 545 g/mol. The molecule has 0 saturated heterocycles. The van der Waals surface area contributed by atoms with Gasteiger partial charge in [-0.3, -0.25) is 4.31 Å². The Morgan fingerprint density at radius 2 is 2.00 bits per heavy atom. The van der Waals surface area contributed by atoms with Gasteiger partial charge in [0.2, 0.25) is 5.88 Å². The molecule has 1 atom stereocenters. The molecule has 2 aromatic carbocycles. The van der Waals surface area contributed by atoms with Gasteiger partial charge >= 0.3 is 6.18 Å². The maximum absolute atomic E-state index is 13.8. The maximum Gasteiger partial charge on any atom is 0.417 e. The van der Waals surface area contributed by atoms with Gasteiger partial charge in [-0.1, -0.05) is 35.9 Å². The van der Waals surface area contributed by atoms with E-state index in [0.717, 1.165) is 10.4 Å². The second-order valence-corrected chi connectivity index (χ2v) is 10.8. The van der Waals surface area contributed by atoms with Gasteiger partial charge < -0.3 is 14.6 Å². The summed E-state index contributed by atoms with van der Waals surface area (Å²) in [4.78, 5) is 3.90. The molecule has 1 aromatic heterocycles. The summed E-state index contributed by atoms with van der Waals surface area (Å²) in [7, 11) is -4.22. The standard InChI is InChI=1S/C26H24ClF3N2O5S/c1-16-12-24(25(31-14-16)36-11-10-33)38(34,35)32-15-17(2)37-23-9-7-18(13-22(23)32)6-8-19-20(26(28,29)30)4-3-5-21(19)27/h3-9,12-14,17,33H,10-11,15H2,1-2H3/b8-6+/t17-/m0/s1. The summed E-state index contributed by atoms with van der Waals surface area (Å²) < 4.78 is 80.5. The number of aromatic nitrogens is 1. The Hall–Kier alpha value is -3.28. The number of hydrogen-bond donors (Lipinski definition) is 1. The van der Waals surface area contributed by atoms with Crippen LogP contribution in [0.1, 0.15) is 29.2 Å². The predicted molar refractivity (Wildman–Crippen MR) is 138 cm³/mol. The number of hydrogen-bond acceptors (Lipinski definition) is 6. The van der Waals surface area contributed by atoms with Crippen LogP contribution in [0.3, 0.4) is 0 Å². The lowest BCUT2D eigenvalue weighted by atomic mass is 10.0. The first kappa shape index (κ1) is 27.7. The van der Waals surface area contributed by atoms with Crippen molar-refractivity contribution in [1.82, 2.24) is 4.98 Å². The molecule has 1 N–H and O–H groups in total. The number of sulfonamides is 1. The molecule has 2 heterocycles. The summed E-state index contributed by atoms with van der Waals surface area (Å²) >= 11 is 6.06. The third kappa shape index (κ3) is 5.74. The molecule has 0 unspecified atom stereocenters. The lowest BCUT2D eigenvalue weighted by Gasteiger charge is -2.34. The smallest absolute Gasteiger partial charge is 0.417 e. The first-order valence-electron chi connectivity index (χ1n) is 11.5. The van der Waals surface area contributed by atoms with Gasteiger partial charge in [0.25, 0.3) is 10.0 Å². The van der Waals surface area contributed by atoms with E-state index in [2.05, 4.69) is 4.98 Å². The van der Waals surface area contributed by atoms with Crippen LogP contribution in [-0.4, -0.2) is 44.4 Å². The summed E-state index contributed by atoms with van der Waals surface area (Å²) in [6.07, 6.45) is -0.982. The highest BCUT2D eigenvalue weighted by atomic mass is 35.5. The summed E-state index contributed by atoms with van der Waals surface area (Å²) in [6.45, 7) is 2.89. The zero-order chi connectivity index (χ0) is 27.7. The number of halogens is 4. The molecule has 0 radical (unpaired) electrons. The monoisotopic (exact) mass is 568 g/mol. The second kappa shape index (κ2) is 10.8. The molecule has 12 heteroatoms. The van der Waals surface area contributed by atoms with Gasteiger partial charge in [-0.2, -0.15) is 13.2 Å². The van der Waals surface area contributed by atoms with E-state index in [-0.39, 0.29) is 52.6 Å². The van der Waals surface area contributed by atoms with Crippen LogP contribution in [0.5, 0.6) is 11.6 Å². The number of fused-ring (bicyclic) bond motifs is 1. The normalized spacial score (nSPS) is 15.9. The molecule has 0 fully saturated rings. The SMILES string of the molecule is Cc1cnc(OCCO)c(S(=O)(=O)N2C[C@H](C)Oc3ccc(/C=C/c4c(Cl)cccc4C(F)(F)F)cc32)c1. The Bertz CT molecular complexity index is 1480. The van der Waals surface area contributed by atoms with E-state index in [1.54, 1.807) is 26.0 Å². The Kier molecular flexibility index (Phi) is 7.91. The van der Waals surface area contributed by atoms with Crippen molar-refractivity contribution in [3.63, 3.8) is 0 Å². The third-order valence-electron chi connectivity index (χ3n) is 5.66. The number of aliphatic hydroxyl groups excluding tert-OH is 1. The van der Waals surface area contributed by atoms with E-state index in [1.165, 1.54) is 42.6 Å². The highest BCUT2D eigenvalue weighted by molar-refractivity contribution is 7.93. The van der Waals surface area contributed by atoms with E-state index < -0.39 is 27.9 Å². The summed E-state index contributed by atoms with van der Waals surface area (Å²) in [6, 6.07) is 9.62. The third-order valence-corrected chi connectivity index (χ3v) is 7.76. The summed E-state index contributed by atoms with van der Waals surface area (Å²) in [5.74, 6) is 0.136. The molecule has 0 saturated carbocycles. The minimum Gasteiger partial charge on any atom is -0.487 e. The van der Waals surface area contributed by atoms with Crippen LogP contribution in [0.15, 0.2) is 53.6 Å². The molecule has 0 amide bonds. The minimum atomic E-state index is -4.60. The van der Waals surface area contributed by atoms with Crippen molar-refractivity contribution in [2.45, 2.75) is 31.0 Å². The molecule has 4 rings (SSSR count). The van der Waals surface area contributed by atoms with Crippen LogP contribution in [0.2, 0.25) is 5.02 Å². The molecule has 3 aromatic rings. The van der Waals surface area contributed by atoms with Crippen LogP contribution < -0.4 is 13.8 Å². The Morgan fingerprint density at radius 3 is 2.71 bits per heavy atom. The fraction of sp³-hybridized carbons (Fsp3) is 0.269. The lowest BCUT2D eigenvalue weighted by molar-refractivity contribution is -0.137. The van der Waals surface area contributed by atoms with E-state index in [1.807, 2.05) is 0 Å². The van der Waals surface area contributed by atoms with Gasteiger partial charge in [-0.05, 0) is 55.3 Å². The quantitative estimate of drug-likeness (QED) is 0.374. The van der Waals surface area contributed by atoms with E-state index in [9.17, 15) is 21.6 Å². The molecule has 202 valence electrons. The fourth-order valence-corrected chi connectivity index (χ4v) is 5.91. The summed E-state index contributed by atoms with van der Waals surface area (Å²) in [5.41, 5.74) is 0.121. The van der Waals surface area contributed by atoms with Crippen molar-refractivity contribution in [3.05, 3.63) is 75.9 Å². The number of anilines is 1. The van der Waals surface area contributed by atoms with E-state index >= 15 is 0 Å². The van der Waals surface area contributed by atoms with Crippen LogP contribution >= 0.6 is 11.6 Å². The number of rotatable bonds is 7. The first-order chi connectivity index (χ1) is 17.9. The van der Waals surface area contributed by atoms with Gasteiger partial charge in [-0.25, -0.2) is 13.4 Å². The van der Waals surface area contributed by atoms with Gasteiger partial charge in [0.1, 0.15) is 23.4 Å². The highest BCUT2D eigenvalue weighted by Crippen LogP contribution is 2.40. The molecule has 1 aliphatic heterocycles. The van der Waals surface area contributed by atoms with Gasteiger partial charge in [0.05, 0.1) is 24.4 Å². The molecule has 7 nitrogen and oxygen atoms in total. The van der Waals surface area contributed by atoms with Crippen molar-refractivity contribution in [1.29, 1.82) is 0 Å². The predicted octanol–water partition coefficient (Wildman–Crippen LogP) is 5.58. The molecule has 0 aliphatic carbocycles. The van der Waals surface area contributed by atoms with Crippen LogP contribution in [-0.2, 0) is 16.2 Å². The van der Waals surface area contributed by atoms with Crippen molar-refractivity contribution >= 4 is 39.5 Å². The maximum atomic E-state index is 13.8. The van der Waals surface area contributed by atoms with E-state index in [0.29, 0.717) is 11.1 Å². The molecule has 1 aliphatic rings. The first-order valence-corrected chi connectivity index (χ1v) is 13.3. The van der Waals surface area contributed by atoms with Crippen molar-refractivity contribution in [3.8, 4) is 11.6 Å². The van der Waals surface area contributed by atoms with Crippen molar-refractivity contribution < 1.29 is 36.2 Å². The topological polar surface area (TPSA) is 89.0 Å². The molecule has 0 bridgehead atoms. The van der Waals surface area contributed by atoms with Gasteiger partial charge in [0, 0.05) is 16.8 Å². The Balaban J connectivity index is 1.77. The number of alkyl halides is 3. The number of pyridine rings is 1. The zero-order valence-electron chi connectivity index (χ0n) is 20.4. The van der Waals surface area contributed by atoms with Gasteiger partial charge in [0.15, 0.2) is 0 Å². The van der Waals surface area contributed by atoms with Gasteiger partial charge in [-0.15, -0.1) is 0 Å². The number of ether oxygens (including phenoxy) is 2. The highest BCUT2D eigenvalue weighted by Gasteiger charge is 2.36. The Morgan fingerprint density at radius 1 is 1.24 bits per heavy atom. The molecular formula is C26H24ClF3N2O5S. The molecule has 38 heavy (non-hydrogen) atoms. The molecule has 0 spiro atoms. The minimum absolute atomic E-state index is 0.0291. The lowest BCUT2D eigenvalue weighted by Crippen LogP contribution is -2.42. The second-order valence-electron chi connectivity index (χ2n) is 8.61. The number of benzene rings is 2. The Labute approximate surface area is 223 Å². The number of aliphatic hydroxyl groups is 1. The zero-order valence-corrected chi connectivity index (χ0v) is 21.9. The average Bonchev–Trinajstić information content (AvgIpc) is 2.86. The van der Waals surface area contributed by atoms with Crippen molar-refractivity contribution in [2.24, 2.45) is 0 Å². The summed E-state index contributed by atoms with van der Waals surface area (Å²) in [5, 5.41) is 9.05. The number of aryl methyl sites for hydroxylation is 1. The largest absolute Gasteiger partial charge is 0.487 e. The van der Waals surface area contributed by atoms with Crippen LogP contribution in [0.25, 0.3) is 12.2 Å². The average molecular weight is 569 g/mol. The van der Waals surface area contributed by atoms with Crippen molar-refractivity contribution in [2.75, 3.05) is 24.1 Å². The van der Waals surface area contributed by atoms with Crippen LogP contribution in [0.4, 0.5) is 18.9 Å².